The van der Waals surface area contributed by atoms with Gasteiger partial charge in [-0.1, -0.05) is 6.92 Å². The van der Waals surface area contributed by atoms with E-state index in [1.165, 1.54) is 16.8 Å². The predicted molar refractivity (Wildman–Crippen MR) is 77.4 cm³/mol. The van der Waals surface area contributed by atoms with Crippen molar-refractivity contribution in [2.45, 2.75) is 50.1 Å². The van der Waals surface area contributed by atoms with Crippen LogP contribution in [0.2, 0.25) is 0 Å². The van der Waals surface area contributed by atoms with E-state index in [0.29, 0.717) is 5.69 Å². The first kappa shape index (κ1) is 15.4. The minimum atomic E-state index is -3.81. The fraction of sp³-hybridized carbons (Fsp3) is 0.615. The molecule has 0 N–H and O–H groups in total. The molecule has 2 rings (SSSR count). The van der Waals surface area contributed by atoms with Gasteiger partial charge in [-0.2, -0.15) is 0 Å². The summed E-state index contributed by atoms with van der Waals surface area (Å²) in [6, 6.07) is 1.75. The van der Waals surface area contributed by atoms with Crippen LogP contribution < -0.4 is 0 Å². The van der Waals surface area contributed by atoms with E-state index in [1.54, 1.807) is 7.05 Å². The highest BCUT2D eigenvalue weighted by atomic mass is 35.7. The number of hydrogen-bond acceptors (Lipinski definition) is 3. The molecule has 1 amide bonds. The standard InChI is InChI=1S/C13H19ClN2O3S/c1-4-10-6-5-9(2)16(10)13(17)12-7-11(8-15(12)3)20(14,18)19/h7-10H,4-6H2,1-3H3. The SMILES string of the molecule is CCC1CCC(C)N1C(=O)c1cc(S(=O)(=O)Cl)cn1C. The van der Waals surface area contributed by atoms with Crippen molar-refractivity contribution in [3.05, 3.63) is 18.0 Å². The number of aryl methyl sites for hydroxylation is 1. The van der Waals surface area contributed by atoms with Crippen LogP contribution in [0.15, 0.2) is 17.2 Å². The molecule has 0 saturated carbocycles. The molecule has 1 aromatic rings. The van der Waals surface area contributed by atoms with E-state index in [1.807, 2.05) is 11.8 Å². The third kappa shape index (κ3) is 2.72. The van der Waals surface area contributed by atoms with Crippen molar-refractivity contribution in [3.8, 4) is 0 Å². The molecule has 1 saturated heterocycles. The first-order chi connectivity index (χ1) is 9.25. The smallest absolute Gasteiger partial charge is 0.270 e. The van der Waals surface area contributed by atoms with Crippen molar-refractivity contribution in [1.82, 2.24) is 9.47 Å². The maximum absolute atomic E-state index is 12.7. The lowest BCUT2D eigenvalue weighted by Crippen LogP contribution is -2.40. The Kier molecular flexibility index (Phi) is 4.16. The van der Waals surface area contributed by atoms with Gasteiger partial charge in [0.15, 0.2) is 0 Å². The molecule has 2 unspecified atom stereocenters. The molecule has 1 aliphatic heterocycles. The van der Waals surface area contributed by atoms with Crippen molar-refractivity contribution in [3.63, 3.8) is 0 Å². The zero-order chi connectivity index (χ0) is 15.1. The van der Waals surface area contributed by atoms with Crippen molar-refractivity contribution < 1.29 is 13.2 Å². The van der Waals surface area contributed by atoms with Crippen LogP contribution in [0, 0.1) is 0 Å². The highest BCUT2D eigenvalue weighted by Crippen LogP contribution is 2.29. The minimum absolute atomic E-state index is 0.0371. The minimum Gasteiger partial charge on any atom is -0.345 e. The molecule has 0 aromatic carbocycles. The number of carbonyl (C=O) groups is 1. The van der Waals surface area contributed by atoms with Crippen LogP contribution in [0.1, 0.15) is 43.6 Å². The van der Waals surface area contributed by atoms with Gasteiger partial charge in [0.1, 0.15) is 10.6 Å². The van der Waals surface area contributed by atoms with Crippen LogP contribution in [-0.4, -0.2) is 35.9 Å². The molecule has 5 nitrogen and oxygen atoms in total. The third-order valence-electron chi connectivity index (χ3n) is 3.97. The number of halogens is 1. The van der Waals surface area contributed by atoms with E-state index in [0.717, 1.165) is 19.3 Å². The van der Waals surface area contributed by atoms with Crippen LogP contribution in [0.5, 0.6) is 0 Å². The second kappa shape index (κ2) is 5.41. The van der Waals surface area contributed by atoms with Gasteiger partial charge in [-0.15, -0.1) is 0 Å². The number of amides is 1. The summed E-state index contributed by atoms with van der Waals surface area (Å²) in [5.41, 5.74) is 0.358. The van der Waals surface area contributed by atoms with Gasteiger partial charge >= 0.3 is 0 Å². The number of aromatic nitrogens is 1. The highest BCUT2D eigenvalue weighted by molar-refractivity contribution is 8.13. The molecule has 2 heterocycles. The third-order valence-corrected chi connectivity index (χ3v) is 5.29. The zero-order valence-corrected chi connectivity index (χ0v) is 13.4. The summed E-state index contributed by atoms with van der Waals surface area (Å²) in [5, 5.41) is 0. The van der Waals surface area contributed by atoms with Gasteiger partial charge in [0, 0.05) is 36.0 Å². The largest absolute Gasteiger partial charge is 0.345 e. The number of carbonyl (C=O) groups excluding carboxylic acids is 1. The Labute approximate surface area is 123 Å². The molecule has 1 fully saturated rings. The van der Waals surface area contributed by atoms with Gasteiger partial charge in [-0.25, -0.2) is 8.42 Å². The highest BCUT2D eigenvalue weighted by Gasteiger charge is 2.35. The first-order valence-electron chi connectivity index (χ1n) is 6.69. The molecule has 112 valence electrons. The maximum atomic E-state index is 12.7. The summed E-state index contributed by atoms with van der Waals surface area (Å²) >= 11 is 0. The summed E-state index contributed by atoms with van der Waals surface area (Å²) in [6.45, 7) is 4.08. The van der Waals surface area contributed by atoms with Gasteiger partial charge < -0.3 is 9.47 Å². The summed E-state index contributed by atoms with van der Waals surface area (Å²) < 4.78 is 24.2. The lowest BCUT2D eigenvalue weighted by molar-refractivity contribution is 0.0666. The molecule has 0 spiro atoms. The number of rotatable bonds is 3. The second-order valence-electron chi connectivity index (χ2n) is 5.31. The van der Waals surface area contributed by atoms with E-state index in [9.17, 15) is 13.2 Å². The van der Waals surface area contributed by atoms with Gasteiger partial charge in [0.25, 0.3) is 15.0 Å². The van der Waals surface area contributed by atoms with Crippen LogP contribution in [0.25, 0.3) is 0 Å². The van der Waals surface area contributed by atoms with Crippen LogP contribution >= 0.6 is 10.7 Å². The number of hydrogen-bond donors (Lipinski definition) is 0. The van der Waals surface area contributed by atoms with E-state index in [2.05, 4.69) is 6.92 Å². The Balaban J connectivity index is 2.36. The van der Waals surface area contributed by atoms with E-state index >= 15 is 0 Å². The average Bonchev–Trinajstić information content (AvgIpc) is 2.91. The summed E-state index contributed by atoms with van der Waals surface area (Å²) in [6.07, 6.45) is 4.25. The second-order valence-corrected chi connectivity index (χ2v) is 7.88. The average molecular weight is 319 g/mol. The summed E-state index contributed by atoms with van der Waals surface area (Å²) in [5.74, 6) is -0.129. The van der Waals surface area contributed by atoms with Crippen molar-refractivity contribution >= 4 is 25.6 Å². The number of nitrogens with zero attached hydrogens (tertiary/aromatic N) is 2. The molecular weight excluding hydrogens is 300 g/mol. The van der Waals surface area contributed by atoms with Gasteiger partial charge in [0.2, 0.25) is 0 Å². The molecular formula is C13H19ClN2O3S. The Morgan fingerprint density at radius 2 is 2.10 bits per heavy atom. The quantitative estimate of drug-likeness (QED) is 0.804. The molecule has 0 bridgehead atoms. The Hall–Kier alpha value is -1.01. The van der Waals surface area contributed by atoms with Crippen LogP contribution in [0.4, 0.5) is 0 Å². The van der Waals surface area contributed by atoms with Gasteiger partial charge in [-0.05, 0) is 32.3 Å². The Bertz CT molecular complexity index is 624. The van der Waals surface area contributed by atoms with Gasteiger partial charge in [0.05, 0.1) is 0 Å². The summed E-state index contributed by atoms with van der Waals surface area (Å²) in [4.78, 5) is 14.5. The Morgan fingerprint density at radius 3 is 2.60 bits per heavy atom. The lowest BCUT2D eigenvalue weighted by atomic mass is 10.1. The van der Waals surface area contributed by atoms with Gasteiger partial charge in [-0.3, -0.25) is 4.79 Å². The predicted octanol–water partition coefficient (Wildman–Crippen LogP) is 2.36. The van der Waals surface area contributed by atoms with E-state index < -0.39 is 9.05 Å². The van der Waals surface area contributed by atoms with E-state index in [4.69, 9.17) is 10.7 Å². The molecule has 1 aromatic heterocycles. The lowest BCUT2D eigenvalue weighted by Gasteiger charge is -2.28. The molecule has 7 heteroatoms. The molecule has 0 radical (unpaired) electrons. The normalized spacial score (nSPS) is 23.3. The summed E-state index contributed by atoms with van der Waals surface area (Å²) in [7, 11) is 3.17. The van der Waals surface area contributed by atoms with Crippen molar-refractivity contribution in [2.75, 3.05) is 0 Å². The van der Waals surface area contributed by atoms with Crippen molar-refractivity contribution in [2.24, 2.45) is 7.05 Å². The van der Waals surface area contributed by atoms with Crippen molar-refractivity contribution in [1.29, 1.82) is 0 Å². The fourth-order valence-corrected chi connectivity index (χ4v) is 3.64. The Morgan fingerprint density at radius 1 is 1.45 bits per heavy atom. The molecule has 1 aliphatic rings. The van der Waals surface area contributed by atoms with E-state index in [-0.39, 0.29) is 22.9 Å². The zero-order valence-electron chi connectivity index (χ0n) is 11.8. The fourth-order valence-electron chi connectivity index (χ4n) is 2.85. The molecule has 0 aliphatic carbocycles. The van der Waals surface area contributed by atoms with Crippen LogP contribution in [0.3, 0.4) is 0 Å². The molecule has 2 atom stereocenters. The molecule has 20 heavy (non-hydrogen) atoms. The topological polar surface area (TPSA) is 59.4 Å². The first-order valence-corrected chi connectivity index (χ1v) is 9.00. The monoisotopic (exact) mass is 318 g/mol. The maximum Gasteiger partial charge on any atom is 0.270 e. The number of likely N-dealkylation sites (tertiary alicyclic amines) is 1. The van der Waals surface area contributed by atoms with Crippen LogP contribution in [-0.2, 0) is 16.1 Å².